The van der Waals surface area contributed by atoms with Crippen LogP contribution in [-0.4, -0.2) is 51.5 Å². The van der Waals surface area contributed by atoms with Gasteiger partial charge in [-0.3, -0.25) is 4.79 Å². The highest BCUT2D eigenvalue weighted by atomic mass is 16.5. The molecule has 2 fully saturated rings. The van der Waals surface area contributed by atoms with Crippen LogP contribution in [0.4, 0.5) is 0 Å². The van der Waals surface area contributed by atoms with E-state index in [9.17, 15) is 4.79 Å². The Hall–Kier alpha value is -0.650. The van der Waals surface area contributed by atoms with E-state index in [-0.39, 0.29) is 24.0 Å². The molecule has 2 heterocycles. The summed E-state index contributed by atoms with van der Waals surface area (Å²) in [6.07, 6.45) is 2.08. The normalized spacial score (nSPS) is 31.2. The van der Waals surface area contributed by atoms with Gasteiger partial charge in [-0.05, 0) is 18.8 Å². The Morgan fingerprint density at radius 1 is 1.39 bits per heavy atom. The van der Waals surface area contributed by atoms with Crippen LogP contribution in [0.25, 0.3) is 0 Å². The summed E-state index contributed by atoms with van der Waals surface area (Å²) in [6, 6.07) is 0.102. The highest BCUT2D eigenvalue weighted by Gasteiger charge is 2.32. The van der Waals surface area contributed by atoms with Crippen molar-refractivity contribution in [3.8, 4) is 0 Å². The van der Waals surface area contributed by atoms with Crippen molar-refractivity contribution in [2.24, 2.45) is 11.8 Å². The SMILES string of the molecule is COC1CNCC1NC(=O)C(C)C1CCOCC1. The largest absolute Gasteiger partial charge is 0.381 e. The third kappa shape index (κ3) is 3.22. The number of hydrogen-bond acceptors (Lipinski definition) is 4. The number of hydrogen-bond donors (Lipinski definition) is 2. The summed E-state index contributed by atoms with van der Waals surface area (Å²) >= 11 is 0. The molecule has 0 spiro atoms. The Morgan fingerprint density at radius 3 is 2.78 bits per heavy atom. The molecule has 5 heteroatoms. The van der Waals surface area contributed by atoms with E-state index in [2.05, 4.69) is 10.6 Å². The van der Waals surface area contributed by atoms with Gasteiger partial charge < -0.3 is 20.1 Å². The van der Waals surface area contributed by atoms with E-state index in [1.54, 1.807) is 7.11 Å². The second-order valence-electron chi connectivity index (χ2n) is 5.29. The van der Waals surface area contributed by atoms with Crippen LogP contribution in [0.3, 0.4) is 0 Å². The minimum atomic E-state index is 0.0620. The molecule has 0 bridgehead atoms. The number of carbonyl (C=O) groups excluding carboxylic acids is 1. The summed E-state index contributed by atoms with van der Waals surface area (Å²) < 4.78 is 10.7. The number of nitrogens with one attached hydrogen (secondary N) is 2. The summed E-state index contributed by atoms with van der Waals surface area (Å²) in [5.41, 5.74) is 0. The zero-order valence-electron chi connectivity index (χ0n) is 11.3. The smallest absolute Gasteiger partial charge is 0.223 e. The average Bonchev–Trinajstić information content (AvgIpc) is 2.86. The fourth-order valence-corrected chi connectivity index (χ4v) is 2.79. The number of ether oxygens (including phenoxy) is 2. The van der Waals surface area contributed by atoms with Gasteiger partial charge in [-0.25, -0.2) is 0 Å². The molecule has 2 saturated heterocycles. The summed E-state index contributed by atoms with van der Waals surface area (Å²) in [5.74, 6) is 0.666. The first-order valence-electron chi connectivity index (χ1n) is 6.84. The van der Waals surface area contributed by atoms with Crippen LogP contribution in [0.15, 0.2) is 0 Å². The molecule has 0 radical (unpaired) electrons. The monoisotopic (exact) mass is 256 g/mol. The van der Waals surface area contributed by atoms with E-state index >= 15 is 0 Å². The lowest BCUT2D eigenvalue weighted by Gasteiger charge is -2.28. The molecule has 0 aliphatic carbocycles. The molecule has 2 aliphatic heterocycles. The summed E-state index contributed by atoms with van der Waals surface area (Å²) in [7, 11) is 1.69. The summed E-state index contributed by atoms with van der Waals surface area (Å²) in [4.78, 5) is 12.2. The van der Waals surface area contributed by atoms with Crippen LogP contribution in [0.5, 0.6) is 0 Å². The highest BCUT2D eigenvalue weighted by Crippen LogP contribution is 2.23. The van der Waals surface area contributed by atoms with Crippen molar-refractivity contribution < 1.29 is 14.3 Å². The molecule has 2 N–H and O–H groups in total. The maximum atomic E-state index is 12.2. The highest BCUT2D eigenvalue weighted by molar-refractivity contribution is 5.79. The van der Waals surface area contributed by atoms with Gasteiger partial charge in [0.25, 0.3) is 0 Å². The molecule has 3 atom stereocenters. The molecular weight excluding hydrogens is 232 g/mol. The predicted molar refractivity (Wildman–Crippen MR) is 68.3 cm³/mol. The topological polar surface area (TPSA) is 59.6 Å². The Balaban J connectivity index is 1.82. The van der Waals surface area contributed by atoms with Crippen LogP contribution in [-0.2, 0) is 14.3 Å². The van der Waals surface area contributed by atoms with Crippen molar-refractivity contribution >= 4 is 5.91 Å². The first-order valence-corrected chi connectivity index (χ1v) is 6.84. The van der Waals surface area contributed by atoms with Gasteiger partial charge in [0, 0.05) is 39.3 Å². The van der Waals surface area contributed by atoms with Gasteiger partial charge in [-0.15, -0.1) is 0 Å². The standard InChI is InChI=1S/C13H24N2O3/c1-9(10-3-5-18-6-4-10)13(16)15-11-7-14-8-12(11)17-2/h9-12,14H,3-8H2,1-2H3,(H,15,16). The summed E-state index contributed by atoms with van der Waals surface area (Å²) in [5, 5.41) is 6.35. The molecule has 2 aliphatic rings. The zero-order valence-corrected chi connectivity index (χ0v) is 11.3. The van der Waals surface area contributed by atoms with Crippen molar-refractivity contribution in [2.45, 2.75) is 31.9 Å². The predicted octanol–water partition coefficient (Wildman–Crippen LogP) is 0.152. The lowest BCUT2D eigenvalue weighted by Crippen LogP contribution is -2.47. The van der Waals surface area contributed by atoms with Crippen LogP contribution < -0.4 is 10.6 Å². The van der Waals surface area contributed by atoms with Gasteiger partial charge in [-0.1, -0.05) is 6.92 Å². The van der Waals surface area contributed by atoms with Crippen LogP contribution in [0.2, 0.25) is 0 Å². The molecule has 0 aromatic heterocycles. The molecule has 0 aromatic rings. The van der Waals surface area contributed by atoms with E-state index in [4.69, 9.17) is 9.47 Å². The number of carbonyl (C=O) groups is 1. The maximum Gasteiger partial charge on any atom is 0.223 e. The number of amides is 1. The fraction of sp³-hybridized carbons (Fsp3) is 0.923. The quantitative estimate of drug-likeness (QED) is 0.752. The Bertz CT molecular complexity index is 279. The molecule has 3 unspecified atom stereocenters. The van der Waals surface area contributed by atoms with Gasteiger partial charge in [0.1, 0.15) is 0 Å². The van der Waals surface area contributed by atoms with E-state index in [1.807, 2.05) is 6.92 Å². The molecule has 0 aromatic carbocycles. The molecular formula is C13H24N2O3. The van der Waals surface area contributed by atoms with Crippen LogP contribution in [0, 0.1) is 11.8 Å². The maximum absolute atomic E-state index is 12.2. The van der Waals surface area contributed by atoms with Crippen LogP contribution in [0.1, 0.15) is 19.8 Å². The Morgan fingerprint density at radius 2 is 2.11 bits per heavy atom. The van der Waals surface area contributed by atoms with Gasteiger partial charge in [0.15, 0.2) is 0 Å². The molecule has 5 nitrogen and oxygen atoms in total. The number of rotatable bonds is 4. The lowest BCUT2D eigenvalue weighted by atomic mass is 9.86. The molecule has 2 rings (SSSR count). The average molecular weight is 256 g/mol. The minimum absolute atomic E-state index is 0.0620. The fourth-order valence-electron chi connectivity index (χ4n) is 2.79. The minimum Gasteiger partial charge on any atom is -0.381 e. The van der Waals surface area contributed by atoms with Crippen molar-refractivity contribution in [3.63, 3.8) is 0 Å². The molecule has 0 saturated carbocycles. The summed E-state index contributed by atoms with van der Waals surface area (Å²) in [6.45, 7) is 5.20. The third-order valence-electron chi connectivity index (χ3n) is 4.18. The zero-order chi connectivity index (χ0) is 13.0. The number of methoxy groups -OCH3 is 1. The molecule has 18 heavy (non-hydrogen) atoms. The first-order chi connectivity index (χ1) is 8.72. The van der Waals surface area contributed by atoms with Gasteiger partial charge >= 0.3 is 0 Å². The Kier molecular flexibility index (Phi) is 4.97. The lowest BCUT2D eigenvalue weighted by molar-refractivity contribution is -0.128. The van der Waals surface area contributed by atoms with Crippen LogP contribution >= 0.6 is 0 Å². The van der Waals surface area contributed by atoms with Gasteiger partial charge in [0.05, 0.1) is 12.1 Å². The van der Waals surface area contributed by atoms with Gasteiger partial charge in [0.2, 0.25) is 5.91 Å². The van der Waals surface area contributed by atoms with Crippen molar-refractivity contribution in [1.82, 2.24) is 10.6 Å². The van der Waals surface area contributed by atoms with Gasteiger partial charge in [-0.2, -0.15) is 0 Å². The van der Waals surface area contributed by atoms with E-state index in [0.29, 0.717) is 5.92 Å². The van der Waals surface area contributed by atoms with E-state index in [0.717, 1.165) is 39.1 Å². The molecule has 1 amide bonds. The first kappa shape index (κ1) is 13.8. The third-order valence-corrected chi connectivity index (χ3v) is 4.18. The van der Waals surface area contributed by atoms with E-state index in [1.165, 1.54) is 0 Å². The second kappa shape index (κ2) is 6.50. The Labute approximate surface area is 109 Å². The molecule has 104 valence electrons. The van der Waals surface area contributed by atoms with E-state index < -0.39 is 0 Å². The van der Waals surface area contributed by atoms with Crippen molar-refractivity contribution in [3.05, 3.63) is 0 Å². The van der Waals surface area contributed by atoms with Crippen molar-refractivity contribution in [1.29, 1.82) is 0 Å². The second-order valence-corrected chi connectivity index (χ2v) is 5.29. The van der Waals surface area contributed by atoms with Crippen molar-refractivity contribution in [2.75, 3.05) is 33.4 Å².